The zero-order valence-corrected chi connectivity index (χ0v) is 12.2. The second-order valence-corrected chi connectivity index (χ2v) is 4.80. The first-order chi connectivity index (χ1) is 10.6. The lowest BCUT2D eigenvalue weighted by Gasteiger charge is -2.08. The molecule has 2 N–H and O–H groups in total. The number of hydrogen-bond donors (Lipinski definition) is 2. The first-order valence-corrected chi connectivity index (χ1v) is 7.01. The van der Waals surface area contributed by atoms with Gasteiger partial charge in [0, 0.05) is 17.8 Å². The van der Waals surface area contributed by atoms with E-state index in [-0.39, 0.29) is 24.1 Å². The van der Waals surface area contributed by atoms with E-state index in [4.69, 9.17) is 0 Å². The molecular formula is C17H17FN2O2. The van der Waals surface area contributed by atoms with Crippen LogP contribution in [0.2, 0.25) is 0 Å². The van der Waals surface area contributed by atoms with Crippen molar-refractivity contribution in [3.05, 3.63) is 65.5 Å². The van der Waals surface area contributed by atoms with Crippen LogP contribution in [0.4, 0.5) is 10.1 Å². The molecule has 0 saturated carbocycles. The van der Waals surface area contributed by atoms with Crippen molar-refractivity contribution in [3.63, 3.8) is 0 Å². The van der Waals surface area contributed by atoms with E-state index in [2.05, 4.69) is 10.6 Å². The summed E-state index contributed by atoms with van der Waals surface area (Å²) < 4.78 is 13.1. The molecule has 0 spiro atoms. The lowest BCUT2D eigenvalue weighted by molar-refractivity contribution is -0.115. The molecule has 0 aliphatic rings. The van der Waals surface area contributed by atoms with E-state index in [1.807, 2.05) is 6.92 Å². The van der Waals surface area contributed by atoms with Crippen LogP contribution in [0.3, 0.4) is 0 Å². The van der Waals surface area contributed by atoms with Crippen LogP contribution in [0.5, 0.6) is 0 Å². The Labute approximate surface area is 128 Å². The minimum absolute atomic E-state index is 0.0726. The predicted octanol–water partition coefficient (Wildman–Crippen LogP) is 2.76. The Kier molecular flexibility index (Phi) is 5.25. The SMILES string of the molecule is CCNC(=O)c1cccc(NC(=O)Cc2cccc(F)c2)c1. The fourth-order valence-corrected chi connectivity index (χ4v) is 2.04. The summed E-state index contributed by atoms with van der Waals surface area (Å²) in [6.45, 7) is 2.37. The van der Waals surface area contributed by atoms with E-state index >= 15 is 0 Å². The minimum Gasteiger partial charge on any atom is -0.352 e. The molecular weight excluding hydrogens is 283 g/mol. The van der Waals surface area contributed by atoms with E-state index in [1.165, 1.54) is 12.1 Å². The van der Waals surface area contributed by atoms with Crippen molar-refractivity contribution < 1.29 is 14.0 Å². The van der Waals surface area contributed by atoms with Crippen LogP contribution in [0, 0.1) is 5.82 Å². The Bertz CT molecular complexity index is 686. The fourth-order valence-electron chi connectivity index (χ4n) is 2.04. The molecule has 5 heteroatoms. The van der Waals surface area contributed by atoms with E-state index in [0.717, 1.165) is 0 Å². The third-order valence-corrected chi connectivity index (χ3v) is 3.00. The fraction of sp³-hybridized carbons (Fsp3) is 0.176. The van der Waals surface area contributed by atoms with Crippen molar-refractivity contribution in [2.24, 2.45) is 0 Å². The van der Waals surface area contributed by atoms with Gasteiger partial charge < -0.3 is 10.6 Å². The molecule has 2 amide bonds. The number of benzene rings is 2. The van der Waals surface area contributed by atoms with Crippen LogP contribution < -0.4 is 10.6 Å². The molecule has 0 bridgehead atoms. The van der Waals surface area contributed by atoms with Gasteiger partial charge in [0.2, 0.25) is 5.91 Å². The molecule has 22 heavy (non-hydrogen) atoms. The number of nitrogens with one attached hydrogen (secondary N) is 2. The first kappa shape index (κ1) is 15.7. The molecule has 0 unspecified atom stereocenters. The molecule has 0 radical (unpaired) electrons. The highest BCUT2D eigenvalue weighted by atomic mass is 19.1. The van der Waals surface area contributed by atoms with Crippen LogP contribution in [-0.4, -0.2) is 18.4 Å². The van der Waals surface area contributed by atoms with E-state index in [9.17, 15) is 14.0 Å². The van der Waals surface area contributed by atoms with Gasteiger partial charge in [-0.15, -0.1) is 0 Å². The smallest absolute Gasteiger partial charge is 0.251 e. The van der Waals surface area contributed by atoms with Crippen molar-refractivity contribution in [2.75, 3.05) is 11.9 Å². The Hall–Kier alpha value is -2.69. The third-order valence-electron chi connectivity index (χ3n) is 3.00. The largest absolute Gasteiger partial charge is 0.352 e. The van der Waals surface area contributed by atoms with Gasteiger partial charge >= 0.3 is 0 Å². The molecule has 0 aliphatic carbocycles. The zero-order chi connectivity index (χ0) is 15.9. The van der Waals surface area contributed by atoms with Crippen LogP contribution in [0.15, 0.2) is 48.5 Å². The normalized spacial score (nSPS) is 10.1. The standard InChI is InChI=1S/C17H17FN2O2/c1-2-19-17(22)13-6-4-8-15(11-13)20-16(21)10-12-5-3-7-14(18)9-12/h3-9,11H,2,10H2,1H3,(H,19,22)(H,20,21). The summed E-state index contributed by atoms with van der Waals surface area (Å²) in [6.07, 6.45) is 0.0726. The quantitative estimate of drug-likeness (QED) is 0.892. The topological polar surface area (TPSA) is 58.2 Å². The van der Waals surface area contributed by atoms with Crippen LogP contribution in [0.25, 0.3) is 0 Å². The average molecular weight is 300 g/mol. The summed E-state index contributed by atoms with van der Waals surface area (Å²) in [6, 6.07) is 12.6. The Morgan fingerprint density at radius 1 is 1.09 bits per heavy atom. The van der Waals surface area contributed by atoms with E-state index < -0.39 is 0 Å². The van der Waals surface area contributed by atoms with Crippen molar-refractivity contribution in [2.45, 2.75) is 13.3 Å². The molecule has 2 aromatic rings. The molecule has 0 aromatic heterocycles. The van der Waals surface area contributed by atoms with Crippen molar-refractivity contribution in [1.29, 1.82) is 0 Å². The summed E-state index contributed by atoms with van der Waals surface area (Å²) in [7, 11) is 0. The maximum absolute atomic E-state index is 13.1. The van der Waals surface area contributed by atoms with Gasteiger partial charge in [-0.2, -0.15) is 0 Å². The second kappa shape index (κ2) is 7.36. The maximum atomic E-state index is 13.1. The summed E-state index contributed by atoms with van der Waals surface area (Å²) in [5, 5.41) is 5.40. The predicted molar refractivity (Wildman–Crippen MR) is 83.2 cm³/mol. The molecule has 114 valence electrons. The van der Waals surface area contributed by atoms with Crippen LogP contribution >= 0.6 is 0 Å². The van der Waals surface area contributed by atoms with Gasteiger partial charge in [-0.25, -0.2) is 4.39 Å². The Morgan fingerprint density at radius 2 is 1.86 bits per heavy atom. The Morgan fingerprint density at radius 3 is 2.59 bits per heavy atom. The second-order valence-electron chi connectivity index (χ2n) is 4.80. The van der Waals surface area contributed by atoms with Crippen LogP contribution in [-0.2, 0) is 11.2 Å². The summed E-state index contributed by atoms with van der Waals surface area (Å²) in [5.74, 6) is -0.828. The molecule has 4 nitrogen and oxygen atoms in total. The molecule has 0 heterocycles. The third kappa shape index (κ3) is 4.41. The molecule has 0 saturated heterocycles. The summed E-state index contributed by atoms with van der Waals surface area (Å²) in [5.41, 5.74) is 1.60. The molecule has 0 aliphatic heterocycles. The van der Waals surface area contributed by atoms with Gasteiger partial charge in [-0.05, 0) is 42.8 Å². The average Bonchev–Trinajstić information content (AvgIpc) is 2.47. The monoisotopic (exact) mass is 300 g/mol. The maximum Gasteiger partial charge on any atom is 0.251 e. The number of carbonyl (C=O) groups is 2. The Balaban J connectivity index is 2.02. The number of anilines is 1. The van der Waals surface area contributed by atoms with Gasteiger partial charge in [0.1, 0.15) is 5.82 Å². The van der Waals surface area contributed by atoms with Gasteiger partial charge in [0.15, 0.2) is 0 Å². The molecule has 2 aromatic carbocycles. The molecule has 0 fully saturated rings. The van der Waals surface area contributed by atoms with Gasteiger partial charge in [0.05, 0.1) is 6.42 Å². The lowest BCUT2D eigenvalue weighted by atomic mass is 10.1. The highest BCUT2D eigenvalue weighted by Gasteiger charge is 2.08. The molecule has 2 rings (SSSR count). The van der Waals surface area contributed by atoms with Gasteiger partial charge in [0.25, 0.3) is 5.91 Å². The first-order valence-electron chi connectivity index (χ1n) is 7.01. The number of carbonyl (C=O) groups excluding carboxylic acids is 2. The lowest BCUT2D eigenvalue weighted by Crippen LogP contribution is -2.23. The van der Waals surface area contributed by atoms with E-state index in [1.54, 1.807) is 36.4 Å². The van der Waals surface area contributed by atoms with Crippen molar-refractivity contribution in [1.82, 2.24) is 5.32 Å². The number of hydrogen-bond acceptors (Lipinski definition) is 2. The number of halogens is 1. The number of amides is 2. The number of rotatable bonds is 5. The van der Waals surface area contributed by atoms with Crippen molar-refractivity contribution >= 4 is 17.5 Å². The van der Waals surface area contributed by atoms with Gasteiger partial charge in [-0.1, -0.05) is 18.2 Å². The zero-order valence-electron chi connectivity index (χ0n) is 12.2. The van der Waals surface area contributed by atoms with Crippen molar-refractivity contribution in [3.8, 4) is 0 Å². The summed E-state index contributed by atoms with van der Waals surface area (Å²) >= 11 is 0. The molecule has 0 atom stereocenters. The van der Waals surface area contributed by atoms with E-state index in [0.29, 0.717) is 23.4 Å². The highest BCUT2D eigenvalue weighted by Crippen LogP contribution is 2.12. The van der Waals surface area contributed by atoms with Gasteiger partial charge in [-0.3, -0.25) is 9.59 Å². The highest BCUT2D eigenvalue weighted by molar-refractivity contribution is 5.97. The van der Waals surface area contributed by atoms with Crippen LogP contribution in [0.1, 0.15) is 22.8 Å². The minimum atomic E-state index is -0.372. The summed E-state index contributed by atoms with van der Waals surface area (Å²) in [4.78, 5) is 23.7.